The molecule has 0 spiro atoms. The lowest BCUT2D eigenvalue weighted by Gasteiger charge is -2.20. The number of rotatable bonds is 12. The summed E-state index contributed by atoms with van der Waals surface area (Å²) in [6, 6.07) is 4.31. The van der Waals surface area contributed by atoms with E-state index in [-0.39, 0.29) is 41.3 Å². The highest BCUT2D eigenvalue weighted by Crippen LogP contribution is 2.37. The number of nitrogens with one attached hydrogen (secondary N) is 2. The van der Waals surface area contributed by atoms with E-state index >= 15 is 0 Å². The Bertz CT molecular complexity index is 905. The minimum atomic E-state index is -0.436. The van der Waals surface area contributed by atoms with Crippen LogP contribution < -0.4 is 15.4 Å². The molecule has 2 saturated carbocycles. The molecular formula is C25H31FN2O4. The van der Waals surface area contributed by atoms with E-state index in [9.17, 15) is 18.8 Å². The molecule has 172 valence electrons. The molecule has 7 heteroatoms. The molecule has 1 aliphatic heterocycles. The minimum absolute atomic E-state index is 0.0689. The lowest BCUT2D eigenvalue weighted by Crippen LogP contribution is -2.40. The molecule has 0 unspecified atom stereocenters. The topological polar surface area (TPSA) is 84.5 Å². The maximum absolute atomic E-state index is 14.0. The van der Waals surface area contributed by atoms with Crippen molar-refractivity contribution in [1.82, 2.24) is 10.6 Å². The highest BCUT2D eigenvalue weighted by Gasteiger charge is 2.39. The summed E-state index contributed by atoms with van der Waals surface area (Å²) in [5.41, 5.74) is 0.309. The van der Waals surface area contributed by atoms with Gasteiger partial charge in [-0.3, -0.25) is 19.7 Å². The number of Topliss-reactive ketones (excluding diaryl/α,β-unsaturated/α-hetero) is 1. The molecule has 0 aromatic heterocycles. The van der Waals surface area contributed by atoms with Gasteiger partial charge >= 0.3 is 0 Å². The summed E-state index contributed by atoms with van der Waals surface area (Å²) in [5, 5.41) is 5.74. The number of imide groups is 1. The number of piperidine rings is 1. The van der Waals surface area contributed by atoms with Crippen LogP contribution in [0, 0.1) is 17.7 Å². The van der Waals surface area contributed by atoms with Crippen molar-refractivity contribution in [2.24, 2.45) is 11.8 Å². The monoisotopic (exact) mass is 442 g/mol. The predicted octanol–water partition coefficient (Wildman–Crippen LogP) is 3.70. The molecular weight excluding hydrogens is 411 g/mol. The van der Waals surface area contributed by atoms with Gasteiger partial charge in [-0.05, 0) is 75.5 Å². The fourth-order valence-electron chi connectivity index (χ4n) is 3.98. The smallest absolute Gasteiger partial charge is 0.229 e. The lowest BCUT2D eigenvalue weighted by molar-refractivity contribution is -0.136. The van der Waals surface area contributed by atoms with Crippen molar-refractivity contribution < 1.29 is 23.5 Å². The zero-order valence-corrected chi connectivity index (χ0v) is 18.3. The van der Waals surface area contributed by atoms with Gasteiger partial charge < -0.3 is 10.1 Å². The summed E-state index contributed by atoms with van der Waals surface area (Å²) in [6.07, 6.45) is 12.0. The van der Waals surface area contributed by atoms with Crippen LogP contribution in [0.15, 0.2) is 30.4 Å². The number of ether oxygens (including phenoxy) is 1. The molecule has 1 aromatic rings. The summed E-state index contributed by atoms with van der Waals surface area (Å²) in [5.74, 6) is -0.245. The van der Waals surface area contributed by atoms with Gasteiger partial charge in [0.1, 0.15) is 0 Å². The molecule has 1 aromatic carbocycles. The Morgan fingerprint density at radius 1 is 1.25 bits per heavy atom. The van der Waals surface area contributed by atoms with Gasteiger partial charge in [-0.15, -0.1) is 0 Å². The molecule has 3 aliphatic rings. The number of ketones is 1. The van der Waals surface area contributed by atoms with Crippen LogP contribution in [0.25, 0.3) is 0 Å². The SMILES string of the molecule is O=C1CC[C@@H](CCC/C=C/C2(NCC(=O)c3ccc(F)c(OCC4CC4)c3)CC2)C(=O)N1. The number of benzene rings is 1. The van der Waals surface area contributed by atoms with E-state index in [4.69, 9.17) is 4.74 Å². The normalized spacial score (nSPS) is 22.1. The second-order valence-electron chi connectivity index (χ2n) is 9.31. The third-order valence-electron chi connectivity index (χ3n) is 6.53. The number of amides is 2. The summed E-state index contributed by atoms with van der Waals surface area (Å²) in [4.78, 5) is 35.6. The molecule has 4 rings (SSSR count). The number of carbonyl (C=O) groups excluding carboxylic acids is 3. The molecule has 1 saturated heterocycles. The number of hydrogen-bond donors (Lipinski definition) is 2. The van der Waals surface area contributed by atoms with Crippen molar-refractivity contribution in [1.29, 1.82) is 0 Å². The molecule has 2 amide bonds. The Hall–Kier alpha value is -2.54. The number of halogens is 1. The van der Waals surface area contributed by atoms with E-state index in [0.29, 0.717) is 30.9 Å². The van der Waals surface area contributed by atoms with Gasteiger partial charge in [0.25, 0.3) is 0 Å². The molecule has 6 nitrogen and oxygen atoms in total. The van der Waals surface area contributed by atoms with Crippen LogP contribution in [-0.2, 0) is 9.59 Å². The van der Waals surface area contributed by atoms with Gasteiger partial charge in [-0.25, -0.2) is 4.39 Å². The van der Waals surface area contributed by atoms with Crippen LogP contribution in [0.2, 0.25) is 0 Å². The zero-order chi connectivity index (χ0) is 22.6. The van der Waals surface area contributed by atoms with Gasteiger partial charge in [0, 0.05) is 23.4 Å². The summed E-state index contributed by atoms with van der Waals surface area (Å²) >= 11 is 0. The van der Waals surface area contributed by atoms with Crippen LogP contribution in [0.3, 0.4) is 0 Å². The quantitative estimate of drug-likeness (QED) is 0.223. The highest BCUT2D eigenvalue weighted by molar-refractivity contribution is 5.98. The van der Waals surface area contributed by atoms with Crippen molar-refractivity contribution >= 4 is 17.6 Å². The summed E-state index contributed by atoms with van der Waals surface area (Å²) < 4.78 is 19.5. The Morgan fingerprint density at radius 3 is 2.78 bits per heavy atom. The van der Waals surface area contributed by atoms with E-state index in [1.807, 2.05) is 0 Å². The predicted molar refractivity (Wildman–Crippen MR) is 118 cm³/mol. The average molecular weight is 443 g/mol. The Morgan fingerprint density at radius 2 is 2.06 bits per heavy atom. The number of unbranched alkanes of at least 4 members (excludes halogenated alkanes) is 1. The highest BCUT2D eigenvalue weighted by atomic mass is 19.1. The number of allylic oxidation sites excluding steroid dienone is 1. The Labute approximate surface area is 188 Å². The Balaban J connectivity index is 1.19. The first-order chi connectivity index (χ1) is 15.4. The molecule has 2 N–H and O–H groups in total. The fraction of sp³-hybridized carbons (Fsp3) is 0.560. The first-order valence-corrected chi connectivity index (χ1v) is 11.7. The van der Waals surface area contributed by atoms with Gasteiger partial charge in [0.05, 0.1) is 13.2 Å². The molecule has 2 aliphatic carbocycles. The van der Waals surface area contributed by atoms with Crippen LogP contribution in [0.1, 0.15) is 68.1 Å². The van der Waals surface area contributed by atoms with Gasteiger partial charge in [-0.1, -0.05) is 12.2 Å². The zero-order valence-electron chi connectivity index (χ0n) is 18.3. The molecule has 3 fully saturated rings. The standard InChI is InChI=1S/C25H31FN2O4/c26-20-9-7-19(14-22(20)32-16-17-5-6-17)21(29)15-27-25(12-13-25)11-3-1-2-4-18-8-10-23(30)28-24(18)31/h3,7,9,11,14,17-18,27H,1-2,4-6,8,10,12-13,15-16H2,(H,28,30,31)/b11-3+/t18-/m1/s1. The van der Waals surface area contributed by atoms with Gasteiger partial charge in [0.2, 0.25) is 11.8 Å². The summed E-state index contributed by atoms with van der Waals surface area (Å²) in [7, 11) is 0. The summed E-state index contributed by atoms with van der Waals surface area (Å²) in [6.45, 7) is 0.693. The molecule has 0 bridgehead atoms. The van der Waals surface area contributed by atoms with E-state index in [1.54, 1.807) is 0 Å². The van der Waals surface area contributed by atoms with E-state index < -0.39 is 5.82 Å². The maximum atomic E-state index is 14.0. The van der Waals surface area contributed by atoms with Crippen molar-refractivity contribution in [3.63, 3.8) is 0 Å². The van der Waals surface area contributed by atoms with Crippen molar-refractivity contribution in [3.05, 3.63) is 41.7 Å². The van der Waals surface area contributed by atoms with Crippen molar-refractivity contribution in [2.45, 2.75) is 63.3 Å². The first-order valence-electron chi connectivity index (χ1n) is 11.7. The van der Waals surface area contributed by atoms with Gasteiger partial charge in [0.15, 0.2) is 17.3 Å². The van der Waals surface area contributed by atoms with Crippen LogP contribution >= 0.6 is 0 Å². The van der Waals surface area contributed by atoms with Crippen LogP contribution in [-0.4, -0.2) is 36.3 Å². The number of carbonyl (C=O) groups is 3. The third-order valence-corrected chi connectivity index (χ3v) is 6.53. The average Bonchev–Trinajstić information content (AvgIpc) is 3.69. The van der Waals surface area contributed by atoms with E-state index in [1.165, 1.54) is 18.2 Å². The van der Waals surface area contributed by atoms with Crippen molar-refractivity contribution in [3.8, 4) is 5.75 Å². The minimum Gasteiger partial charge on any atom is -0.490 e. The fourth-order valence-corrected chi connectivity index (χ4v) is 3.98. The van der Waals surface area contributed by atoms with Crippen LogP contribution in [0.5, 0.6) is 5.75 Å². The Kier molecular flexibility index (Phi) is 7.04. The molecule has 0 radical (unpaired) electrons. The van der Waals surface area contributed by atoms with Crippen LogP contribution in [0.4, 0.5) is 4.39 Å². The molecule has 1 heterocycles. The number of hydrogen-bond acceptors (Lipinski definition) is 5. The van der Waals surface area contributed by atoms with E-state index in [0.717, 1.165) is 44.9 Å². The largest absolute Gasteiger partial charge is 0.490 e. The van der Waals surface area contributed by atoms with Gasteiger partial charge in [-0.2, -0.15) is 0 Å². The molecule has 32 heavy (non-hydrogen) atoms. The lowest BCUT2D eigenvalue weighted by atomic mass is 9.92. The molecule has 1 atom stereocenters. The maximum Gasteiger partial charge on any atom is 0.229 e. The van der Waals surface area contributed by atoms with Crippen molar-refractivity contribution in [2.75, 3.05) is 13.2 Å². The second-order valence-corrected chi connectivity index (χ2v) is 9.31. The van der Waals surface area contributed by atoms with E-state index in [2.05, 4.69) is 22.8 Å². The third kappa shape index (κ3) is 6.25. The second kappa shape index (κ2) is 9.94. The first kappa shape index (κ1) is 22.6.